The minimum atomic E-state index is -3.97. The lowest BCUT2D eigenvalue weighted by molar-refractivity contribution is 0.171. The Morgan fingerprint density at radius 3 is 2.45 bits per heavy atom. The fraction of sp³-hybridized carbons (Fsp3) is 0.318. The fourth-order valence-corrected chi connectivity index (χ4v) is 4.41. The van der Waals surface area contributed by atoms with Gasteiger partial charge < -0.3 is 24.1 Å². The highest BCUT2D eigenvalue weighted by Gasteiger charge is 2.30. The van der Waals surface area contributed by atoms with Crippen molar-refractivity contribution in [3.05, 3.63) is 48.0 Å². The van der Waals surface area contributed by atoms with Crippen molar-refractivity contribution in [3.63, 3.8) is 0 Å². The second-order valence-corrected chi connectivity index (χ2v) is 9.42. The van der Waals surface area contributed by atoms with E-state index in [1.54, 1.807) is 6.07 Å². The van der Waals surface area contributed by atoms with Gasteiger partial charge >= 0.3 is 0 Å². The lowest BCUT2D eigenvalue weighted by atomic mass is 10.1. The summed E-state index contributed by atoms with van der Waals surface area (Å²) in [6, 6.07) is 12.1. The molecule has 0 spiro atoms. The molecule has 1 aromatic heterocycles. The molecule has 0 atom stereocenters. The van der Waals surface area contributed by atoms with Crippen LogP contribution >= 0.6 is 0 Å². The third-order valence-corrected chi connectivity index (χ3v) is 6.48. The maximum atomic E-state index is 13.5. The first-order chi connectivity index (χ1) is 14.8. The van der Waals surface area contributed by atoms with Crippen LogP contribution in [0.5, 0.6) is 11.5 Å². The molecule has 9 heteroatoms. The van der Waals surface area contributed by atoms with E-state index in [1.807, 2.05) is 50.2 Å². The van der Waals surface area contributed by atoms with Crippen LogP contribution in [-0.2, 0) is 9.84 Å². The van der Waals surface area contributed by atoms with Crippen molar-refractivity contribution < 1.29 is 22.3 Å². The second kappa shape index (κ2) is 8.60. The smallest absolute Gasteiger partial charge is 0.233 e. The van der Waals surface area contributed by atoms with E-state index < -0.39 is 9.84 Å². The molecule has 0 bridgehead atoms. The highest BCUT2D eigenvalue weighted by atomic mass is 32.2. The number of nitrogens with one attached hydrogen (secondary N) is 1. The Morgan fingerprint density at radius 1 is 1.03 bits per heavy atom. The normalized spacial score (nSPS) is 13.4. The van der Waals surface area contributed by atoms with Gasteiger partial charge in [0.25, 0.3) is 0 Å². The average Bonchev–Trinajstić information content (AvgIpc) is 3.18. The number of anilines is 1. The number of benzene rings is 2. The lowest BCUT2D eigenvalue weighted by Gasteiger charge is -2.18. The zero-order valence-corrected chi connectivity index (χ0v) is 18.5. The average molecular weight is 444 g/mol. The standard InChI is InChI=1S/C22H25N3O5S/c1-15-4-6-16(7-5-15)20-24-22(21(30-20)23-10-11-25(2)3)31(26,27)17-8-9-18-19(14-17)29-13-12-28-18/h4-9,14,23H,10-13H2,1-3H3. The summed E-state index contributed by atoms with van der Waals surface area (Å²) in [4.78, 5) is 6.42. The number of nitrogens with zero attached hydrogens (tertiary/aromatic N) is 2. The Balaban J connectivity index is 1.74. The van der Waals surface area contributed by atoms with Crippen LogP contribution in [0.2, 0.25) is 0 Å². The van der Waals surface area contributed by atoms with E-state index in [-0.39, 0.29) is 21.7 Å². The van der Waals surface area contributed by atoms with E-state index in [9.17, 15) is 8.42 Å². The van der Waals surface area contributed by atoms with Gasteiger partial charge in [-0.15, -0.1) is 0 Å². The topological polar surface area (TPSA) is 93.9 Å². The zero-order valence-electron chi connectivity index (χ0n) is 17.7. The molecule has 0 saturated carbocycles. The molecule has 0 fully saturated rings. The van der Waals surface area contributed by atoms with Gasteiger partial charge in [-0.3, -0.25) is 0 Å². The van der Waals surface area contributed by atoms with Crippen molar-refractivity contribution in [3.8, 4) is 23.0 Å². The maximum absolute atomic E-state index is 13.5. The minimum Gasteiger partial charge on any atom is -0.486 e. The first-order valence-electron chi connectivity index (χ1n) is 9.96. The summed E-state index contributed by atoms with van der Waals surface area (Å²) in [5.41, 5.74) is 1.79. The first-order valence-corrected chi connectivity index (χ1v) is 11.4. The summed E-state index contributed by atoms with van der Waals surface area (Å²) in [7, 11) is -0.0913. The lowest BCUT2D eigenvalue weighted by Crippen LogP contribution is -2.21. The number of fused-ring (bicyclic) bond motifs is 1. The molecule has 0 amide bonds. The van der Waals surface area contributed by atoms with Gasteiger partial charge in [-0.25, -0.2) is 8.42 Å². The Bertz CT molecular complexity index is 1170. The van der Waals surface area contributed by atoms with Gasteiger partial charge in [-0.1, -0.05) is 17.7 Å². The van der Waals surface area contributed by atoms with E-state index in [1.165, 1.54) is 12.1 Å². The van der Waals surface area contributed by atoms with Crippen molar-refractivity contribution in [2.45, 2.75) is 16.8 Å². The summed E-state index contributed by atoms with van der Waals surface area (Å²) in [5.74, 6) is 1.28. The zero-order chi connectivity index (χ0) is 22.0. The van der Waals surface area contributed by atoms with Crippen molar-refractivity contribution in [1.29, 1.82) is 0 Å². The minimum absolute atomic E-state index is 0.0659. The summed E-state index contributed by atoms with van der Waals surface area (Å²) >= 11 is 0. The largest absolute Gasteiger partial charge is 0.486 e. The van der Waals surface area contributed by atoms with Crippen molar-refractivity contribution in [2.24, 2.45) is 0 Å². The molecular weight excluding hydrogens is 418 g/mol. The van der Waals surface area contributed by atoms with Gasteiger partial charge in [0.2, 0.25) is 26.6 Å². The van der Waals surface area contributed by atoms with Crippen molar-refractivity contribution in [2.75, 3.05) is 45.7 Å². The number of sulfone groups is 1. The van der Waals surface area contributed by atoms with Crippen LogP contribution in [0.25, 0.3) is 11.5 Å². The van der Waals surface area contributed by atoms with Crippen LogP contribution in [0.3, 0.4) is 0 Å². The number of ether oxygens (including phenoxy) is 2. The van der Waals surface area contributed by atoms with Gasteiger partial charge in [0.15, 0.2) is 11.5 Å². The monoisotopic (exact) mass is 443 g/mol. The van der Waals surface area contributed by atoms with Crippen LogP contribution in [0.1, 0.15) is 5.56 Å². The highest BCUT2D eigenvalue weighted by molar-refractivity contribution is 7.91. The van der Waals surface area contributed by atoms with Crippen LogP contribution in [0, 0.1) is 6.92 Å². The predicted octanol–water partition coefficient (Wildman–Crippen LogP) is 3.23. The van der Waals surface area contributed by atoms with Gasteiger partial charge in [-0.05, 0) is 45.3 Å². The van der Waals surface area contributed by atoms with Gasteiger partial charge in [-0.2, -0.15) is 4.98 Å². The number of rotatable bonds is 7. The van der Waals surface area contributed by atoms with E-state index in [0.717, 1.165) is 5.56 Å². The Morgan fingerprint density at radius 2 is 1.74 bits per heavy atom. The molecule has 0 radical (unpaired) electrons. The third kappa shape index (κ3) is 4.52. The highest BCUT2D eigenvalue weighted by Crippen LogP contribution is 2.37. The van der Waals surface area contributed by atoms with Crippen LogP contribution < -0.4 is 14.8 Å². The number of aromatic nitrogens is 1. The number of oxazole rings is 1. The fourth-order valence-electron chi connectivity index (χ4n) is 3.12. The molecule has 31 heavy (non-hydrogen) atoms. The van der Waals surface area contributed by atoms with Crippen molar-refractivity contribution in [1.82, 2.24) is 9.88 Å². The summed E-state index contributed by atoms with van der Waals surface area (Å²) in [6.45, 7) is 3.98. The molecule has 2 heterocycles. The quantitative estimate of drug-likeness (QED) is 0.595. The van der Waals surface area contributed by atoms with Crippen LogP contribution in [0.15, 0.2) is 56.8 Å². The van der Waals surface area contributed by atoms with Crippen molar-refractivity contribution >= 4 is 15.7 Å². The first kappa shape index (κ1) is 21.2. The van der Waals surface area contributed by atoms with Gasteiger partial charge in [0, 0.05) is 24.7 Å². The molecule has 0 aliphatic carbocycles. The molecule has 1 N–H and O–H groups in total. The molecular formula is C22H25N3O5S. The van der Waals surface area contributed by atoms with E-state index >= 15 is 0 Å². The van der Waals surface area contributed by atoms with Gasteiger partial charge in [0.1, 0.15) is 13.2 Å². The summed E-state index contributed by atoms with van der Waals surface area (Å²) in [6.07, 6.45) is 0. The summed E-state index contributed by atoms with van der Waals surface area (Å²) < 4.78 is 43.8. The molecule has 8 nitrogen and oxygen atoms in total. The van der Waals surface area contributed by atoms with Crippen LogP contribution in [-0.4, -0.2) is 58.7 Å². The Kier molecular flexibility index (Phi) is 5.88. The molecule has 0 unspecified atom stereocenters. The maximum Gasteiger partial charge on any atom is 0.233 e. The molecule has 164 valence electrons. The molecule has 1 aliphatic rings. The van der Waals surface area contributed by atoms with Crippen LogP contribution in [0.4, 0.5) is 5.88 Å². The molecule has 4 rings (SSSR count). The third-order valence-electron chi connectivity index (χ3n) is 4.82. The SMILES string of the molecule is Cc1ccc(-c2nc(S(=O)(=O)c3ccc4c(c3)OCCO4)c(NCCN(C)C)o2)cc1. The predicted molar refractivity (Wildman–Crippen MR) is 117 cm³/mol. The summed E-state index contributed by atoms with van der Waals surface area (Å²) in [5, 5.41) is 2.92. The number of aryl methyl sites for hydroxylation is 1. The number of hydrogen-bond donors (Lipinski definition) is 1. The molecule has 2 aromatic carbocycles. The van der Waals surface area contributed by atoms with E-state index in [4.69, 9.17) is 13.9 Å². The Labute approximate surface area is 181 Å². The van der Waals surface area contributed by atoms with E-state index in [2.05, 4.69) is 10.3 Å². The molecule has 3 aromatic rings. The molecule has 0 saturated heterocycles. The number of likely N-dealkylation sites (N-methyl/N-ethyl adjacent to an activating group) is 1. The molecule has 1 aliphatic heterocycles. The number of hydrogen-bond acceptors (Lipinski definition) is 8. The van der Waals surface area contributed by atoms with Gasteiger partial charge in [0.05, 0.1) is 4.90 Å². The van der Waals surface area contributed by atoms with E-state index in [0.29, 0.717) is 43.4 Å². The Hall–Kier alpha value is -3.04. The second-order valence-electron chi connectivity index (χ2n) is 7.56.